The lowest BCUT2D eigenvalue weighted by molar-refractivity contribution is -0.127. The van der Waals surface area contributed by atoms with Gasteiger partial charge in [0.25, 0.3) is 0 Å². The van der Waals surface area contributed by atoms with E-state index in [9.17, 15) is 15.3 Å². The minimum absolute atomic E-state index is 0.0228. The number of carbonyl (C=O) groups excluding carboxylic acids is 1. The van der Waals surface area contributed by atoms with Crippen LogP contribution in [0.3, 0.4) is 0 Å². The molecule has 6 nitrogen and oxygen atoms in total. The van der Waals surface area contributed by atoms with E-state index < -0.39 is 23.2 Å². The van der Waals surface area contributed by atoms with Crippen LogP contribution in [-0.2, 0) is 17.8 Å². The molecule has 61 heavy (non-hydrogen) atoms. The largest absolute Gasteiger partial charge is 0.393 e. The smallest absolute Gasteiger partial charge is 0.193 e. The number of hydrogen-bond acceptors (Lipinski definition) is 6. The second-order valence-electron chi connectivity index (χ2n) is 20.2. The maximum Gasteiger partial charge on any atom is 0.193 e. The van der Waals surface area contributed by atoms with Gasteiger partial charge in [-0.05, 0) is 134 Å². The van der Waals surface area contributed by atoms with Gasteiger partial charge in [0.05, 0.1) is 31.0 Å². The van der Waals surface area contributed by atoms with Crippen LogP contribution in [0.4, 0.5) is 0 Å². The van der Waals surface area contributed by atoms with Gasteiger partial charge in [-0.1, -0.05) is 129 Å². The predicted octanol–water partition coefficient (Wildman–Crippen LogP) is 10.6. The first-order chi connectivity index (χ1) is 29.3. The standard InChI is InChI=1S/C55H69NO5/c1-38-14-13-28-54(4)50(47-26-22-40(30-44(57)25-21-38)31-49(47)52(59)48-20-12-11-19-46(48)41-17-9-6-10-18-41)27-29-55(54,60)37-56(33-42-23-24-43-32-51(42)53(43,2)3)34-45(58)36-61-35-39-15-7-5-8-16-39/h5-12,14-20,22,26,31,42-45,50-51,57-58,60H,13,21,23-25,27-30,32-37H2,1-4H3. The predicted molar refractivity (Wildman–Crippen MR) is 245 cm³/mol. The summed E-state index contributed by atoms with van der Waals surface area (Å²) in [6.45, 7) is 11.7. The molecule has 8 atom stereocenters. The van der Waals surface area contributed by atoms with Crippen LogP contribution in [-0.4, -0.2) is 70.1 Å². The fourth-order valence-electron chi connectivity index (χ4n) is 12.2. The maximum absolute atomic E-state index is 15.2. The SMILES string of the molecule is CC1=CCCC2(C)C(CCC2(O)CN(CC(O)COCc2ccccc2)CC2CCC3CC2C3(C)C)c2ccc(cc2C(=O)c2ccccc2-c2ccccc2)CC(O)CC1. The zero-order chi connectivity index (χ0) is 42.8. The molecule has 0 aromatic heterocycles. The lowest BCUT2D eigenvalue weighted by Gasteiger charge is -2.61. The summed E-state index contributed by atoms with van der Waals surface area (Å²) in [5, 5.41) is 36.3. The number of fused-ring (bicyclic) bond motifs is 10. The van der Waals surface area contributed by atoms with Gasteiger partial charge in [-0.15, -0.1) is 0 Å². The van der Waals surface area contributed by atoms with E-state index in [0.29, 0.717) is 67.3 Å². The summed E-state index contributed by atoms with van der Waals surface area (Å²) in [5.74, 6) is 1.85. The van der Waals surface area contributed by atoms with E-state index in [4.69, 9.17) is 4.74 Å². The molecule has 4 fully saturated rings. The highest BCUT2D eigenvalue weighted by molar-refractivity contribution is 6.13. The number of ketones is 1. The molecule has 3 N–H and O–H groups in total. The average molecular weight is 824 g/mol. The normalized spacial score (nSPS) is 29.0. The monoisotopic (exact) mass is 824 g/mol. The zero-order valence-electron chi connectivity index (χ0n) is 37.1. The number of rotatable bonds is 13. The van der Waals surface area contributed by atoms with Crippen LogP contribution < -0.4 is 0 Å². The summed E-state index contributed by atoms with van der Waals surface area (Å²) in [6.07, 6.45) is 9.65. The first-order valence-corrected chi connectivity index (χ1v) is 23.2. The number of nitrogens with zero attached hydrogens (tertiary/aromatic N) is 1. The van der Waals surface area contributed by atoms with E-state index in [0.717, 1.165) is 66.0 Å². The highest BCUT2D eigenvalue weighted by atomic mass is 16.5. The average Bonchev–Trinajstić information content (AvgIpc) is 3.51. The molecule has 6 heteroatoms. The highest BCUT2D eigenvalue weighted by Crippen LogP contribution is 2.62. The molecular weight excluding hydrogens is 755 g/mol. The molecule has 0 aliphatic heterocycles. The number of ether oxygens (including phenoxy) is 1. The van der Waals surface area contributed by atoms with Crippen LogP contribution in [0.15, 0.2) is 115 Å². The summed E-state index contributed by atoms with van der Waals surface area (Å²) in [5.41, 5.74) is 6.17. The van der Waals surface area contributed by atoms with Gasteiger partial charge >= 0.3 is 0 Å². The second-order valence-corrected chi connectivity index (χ2v) is 20.2. The van der Waals surface area contributed by atoms with Crippen molar-refractivity contribution >= 4 is 5.78 Å². The Bertz CT molecular complexity index is 2150. The third-order valence-corrected chi connectivity index (χ3v) is 16.0. The van der Waals surface area contributed by atoms with Crippen molar-refractivity contribution in [1.82, 2.24) is 4.90 Å². The van der Waals surface area contributed by atoms with Crippen molar-refractivity contribution in [3.8, 4) is 11.1 Å². The molecule has 8 unspecified atom stereocenters. The van der Waals surface area contributed by atoms with E-state index in [1.54, 1.807) is 0 Å². The van der Waals surface area contributed by atoms with Crippen molar-refractivity contribution in [2.75, 3.05) is 26.2 Å². The summed E-state index contributed by atoms with van der Waals surface area (Å²) in [4.78, 5) is 17.6. The first-order valence-electron chi connectivity index (χ1n) is 23.2. The van der Waals surface area contributed by atoms with Gasteiger partial charge in [-0.25, -0.2) is 0 Å². The van der Waals surface area contributed by atoms with Crippen molar-refractivity contribution in [2.45, 2.75) is 122 Å². The molecule has 324 valence electrons. The van der Waals surface area contributed by atoms with Gasteiger partial charge in [-0.2, -0.15) is 0 Å². The van der Waals surface area contributed by atoms with Crippen molar-refractivity contribution in [3.63, 3.8) is 0 Å². The maximum atomic E-state index is 15.2. The van der Waals surface area contributed by atoms with Crippen LogP contribution >= 0.6 is 0 Å². The Morgan fingerprint density at radius 3 is 2.36 bits per heavy atom. The van der Waals surface area contributed by atoms with Gasteiger partial charge in [-0.3, -0.25) is 9.69 Å². The fraction of sp³-hybridized carbons (Fsp3) is 0.509. The lowest BCUT2D eigenvalue weighted by atomic mass is 9.45. The molecule has 4 aromatic carbocycles. The summed E-state index contributed by atoms with van der Waals surface area (Å²) in [7, 11) is 0. The van der Waals surface area contributed by atoms with Crippen LogP contribution in [0.2, 0.25) is 0 Å². The molecule has 0 amide bonds. The van der Waals surface area contributed by atoms with Gasteiger partial charge in [0.15, 0.2) is 5.78 Å². The van der Waals surface area contributed by atoms with Crippen LogP contribution in [0.1, 0.15) is 124 Å². The quantitative estimate of drug-likeness (QED) is 0.0919. The van der Waals surface area contributed by atoms with E-state index in [-0.39, 0.29) is 18.3 Å². The molecule has 0 radical (unpaired) electrons. The number of hydrogen-bond donors (Lipinski definition) is 3. The minimum atomic E-state index is -1.08. The molecule has 6 aliphatic carbocycles. The van der Waals surface area contributed by atoms with Crippen molar-refractivity contribution in [1.29, 1.82) is 0 Å². The Balaban J connectivity index is 1.14. The minimum Gasteiger partial charge on any atom is -0.393 e. The Morgan fingerprint density at radius 2 is 1.61 bits per heavy atom. The van der Waals surface area contributed by atoms with Crippen molar-refractivity contribution in [2.24, 2.45) is 28.6 Å². The molecule has 10 rings (SSSR count). The molecule has 4 saturated carbocycles. The van der Waals surface area contributed by atoms with Gasteiger partial charge in [0, 0.05) is 36.2 Å². The van der Waals surface area contributed by atoms with E-state index >= 15 is 4.79 Å². The summed E-state index contributed by atoms with van der Waals surface area (Å²) >= 11 is 0. The second kappa shape index (κ2) is 18.4. The summed E-state index contributed by atoms with van der Waals surface area (Å²) < 4.78 is 6.08. The Morgan fingerprint density at radius 1 is 0.869 bits per heavy atom. The molecule has 6 aliphatic rings. The molecular formula is C55H69NO5. The Labute approximate surface area is 365 Å². The number of aliphatic hydroxyl groups excluding tert-OH is 2. The fourth-order valence-corrected chi connectivity index (χ4v) is 12.2. The van der Waals surface area contributed by atoms with Crippen LogP contribution in [0.5, 0.6) is 0 Å². The number of allylic oxidation sites excluding steroid dienone is 2. The van der Waals surface area contributed by atoms with E-state index in [2.05, 4.69) is 62.9 Å². The summed E-state index contributed by atoms with van der Waals surface area (Å²) in [6, 6.07) is 34.4. The lowest BCUT2D eigenvalue weighted by Crippen LogP contribution is -2.58. The topological polar surface area (TPSA) is 90.2 Å². The van der Waals surface area contributed by atoms with Crippen molar-refractivity contribution in [3.05, 3.63) is 143 Å². The first kappa shape index (κ1) is 43.7. The molecule has 0 heterocycles. The van der Waals surface area contributed by atoms with Gasteiger partial charge < -0.3 is 20.1 Å². The molecule has 0 spiro atoms. The Kier molecular flexibility index (Phi) is 13.2. The molecule has 0 saturated heterocycles. The number of aliphatic hydroxyl groups is 3. The zero-order valence-corrected chi connectivity index (χ0v) is 37.1. The third-order valence-electron chi connectivity index (χ3n) is 16.0. The highest BCUT2D eigenvalue weighted by Gasteiger charge is 2.58. The van der Waals surface area contributed by atoms with Gasteiger partial charge in [0.2, 0.25) is 0 Å². The third kappa shape index (κ3) is 9.26. The van der Waals surface area contributed by atoms with Crippen molar-refractivity contribution < 1.29 is 24.9 Å². The van der Waals surface area contributed by atoms with E-state index in [1.165, 1.54) is 24.8 Å². The Hall–Kier alpha value is -3.91. The number of carbonyl (C=O) groups is 1. The van der Waals surface area contributed by atoms with Crippen LogP contribution in [0, 0.1) is 28.6 Å². The molecule has 4 bridgehead atoms. The van der Waals surface area contributed by atoms with Gasteiger partial charge in [0.1, 0.15) is 0 Å². The molecule has 4 aromatic rings. The number of benzene rings is 4. The van der Waals surface area contributed by atoms with E-state index in [1.807, 2.05) is 78.9 Å². The van der Waals surface area contributed by atoms with Crippen LogP contribution in [0.25, 0.3) is 11.1 Å².